The zero-order chi connectivity index (χ0) is 14.8. The van der Waals surface area contributed by atoms with Crippen molar-refractivity contribution < 1.29 is 9.59 Å². The van der Waals surface area contributed by atoms with Crippen LogP contribution in [0.1, 0.15) is 45.4 Å². The summed E-state index contributed by atoms with van der Waals surface area (Å²) in [5.41, 5.74) is 0. The molecule has 3 fully saturated rings. The normalized spacial score (nSPS) is 25.0. The lowest BCUT2D eigenvalue weighted by molar-refractivity contribution is -0.132. The number of hydrogen-bond donors (Lipinski definition) is 1. The molecule has 1 saturated heterocycles. The maximum atomic E-state index is 12.3. The van der Waals surface area contributed by atoms with Gasteiger partial charge in [0.2, 0.25) is 5.91 Å². The van der Waals surface area contributed by atoms with Gasteiger partial charge in [-0.1, -0.05) is 6.42 Å². The Hall–Kier alpha value is -1.26. The van der Waals surface area contributed by atoms with Gasteiger partial charge in [0, 0.05) is 38.1 Å². The van der Waals surface area contributed by atoms with Crippen LogP contribution >= 0.6 is 0 Å². The van der Waals surface area contributed by atoms with Gasteiger partial charge in [0.25, 0.3) is 0 Å². The first-order valence-corrected chi connectivity index (χ1v) is 8.49. The van der Waals surface area contributed by atoms with Crippen molar-refractivity contribution in [3.05, 3.63) is 0 Å². The number of carbonyl (C=O) groups excluding carboxylic acids is 2. The number of nitrogens with zero attached hydrogens (tertiary/aromatic N) is 2. The van der Waals surface area contributed by atoms with Crippen LogP contribution < -0.4 is 5.32 Å². The number of nitrogens with one attached hydrogen (secondary N) is 1. The molecule has 5 nitrogen and oxygen atoms in total. The van der Waals surface area contributed by atoms with Crippen LogP contribution in [0.4, 0.5) is 4.79 Å². The van der Waals surface area contributed by atoms with Gasteiger partial charge >= 0.3 is 6.03 Å². The molecule has 3 rings (SSSR count). The van der Waals surface area contributed by atoms with Crippen molar-refractivity contribution in [1.29, 1.82) is 0 Å². The first-order valence-electron chi connectivity index (χ1n) is 8.49. The molecule has 2 saturated carbocycles. The molecule has 1 aliphatic heterocycles. The summed E-state index contributed by atoms with van der Waals surface area (Å²) >= 11 is 0. The quantitative estimate of drug-likeness (QED) is 0.863. The molecule has 3 amide bonds. The van der Waals surface area contributed by atoms with E-state index in [2.05, 4.69) is 12.2 Å². The Balaban J connectivity index is 1.47. The molecule has 0 radical (unpaired) electrons. The Labute approximate surface area is 127 Å². The molecule has 0 aromatic carbocycles. The Morgan fingerprint density at radius 1 is 0.952 bits per heavy atom. The Morgan fingerprint density at radius 3 is 2.24 bits per heavy atom. The molecule has 21 heavy (non-hydrogen) atoms. The average molecular weight is 293 g/mol. The third-order valence-corrected chi connectivity index (χ3v) is 5.23. The van der Waals surface area contributed by atoms with Crippen molar-refractivity contribution in [2.24, 2.45) is 11.8 Å². The molecule has 5 heteroatoms. The van der Waals surface area contributed by atoms with Crippen molar-refractivity contribution in [1.82, 2.24) is 15.1 Å². The number of carbonyl (C=O) groups is 2. The summed E-state index contributed by atoms with van der Waals surface area (Å²) in [5.74, 6) is 1.25. The van der Waals surface area contributed by atoms with Gasteiger partial charge in [-0.2, -0.15) is 0 Å². The van der Waals surface area contributed by atoms with Crippen LogP contribution in [-0.2, 0) is 4.79 Å². The lowest BCUT2D eigenvalue weighted by Crippen LogP contribution is -2.48. The summed E-state index contributed by atoms with van der Waals surface area (Å²) in [6.07, 6.45) is 6.78. The van der Waals surface area contributed by atoms with Gasteiger partial charge < -0.3 is 15.1 Å². The van der Waals surface area contributed by atoms with Crippen LogP contribution in [0.2, 0.25) is 0 Å². The van der Waals surface area contributed by atoms with Crippen LogP contribution in [0, 0.1) is 11.8 Å². The lowest BCUT2D eigenvalue weighted by Gasteiger charge is -2.33. The minimum Gasteiger partial charge on any atom is -0.341 e. The Morgan fingerprint density at radius 2 is 1.62 bits per heavy atom. The van der Waals surface area contributed by atoms with E-state index >= 15 is 0 Å². The maximum Gasteiger partial charge on any atom is 0.317 e. The van der Waals surface area contributed by atoms with Gasteiger partial charge in [-0.25, -0.2) is 4.79 Å². The van der Waals surface area contributed by atoms with Crippen LogP contribution in [0.15, 0.2) is 0 Å². The molecule has 118 valence electrons. The second-order valence-electron chi connectivity index (χ2n) is 6.87. The van der Waals surface area contributed by atoms with Gasteiger partial charge in [-0.05, 0) is 44.9 Å². The second kappa shape index (κ2) is 6.24. The minimum atomic E-state index is 0.0510. The van der Waals surface area contributed by atoms with E-state index in [0.717, 1.165) is 32.4 Å². The zero-order valence-corrected chi connectivity index (χ0v) is 13.0. The zero-order valence-electron chi connectivity index (χ0n) is 13.0. The summed E-state index contributed by atoms with van der Waals surface area (Å²) in [6, 6.07) is 0.328. The van der Waals surface area contributed by atoms with E-state index in [1.165, 1.54) is 19.3 Å². The largest absolute Gasteiger partial charge is 0.341 e. The standard InChI is InChI=1S/C16H27N3O2/c1-12(13-4-2-5-13)17-16(21)19-9-3-8-18(10-11-19)15(20)14-6-7-14/h12-14H,2-11H2,1H3,(H,17,21)/t12-/m0/s1. The molecule has 1 heterocycles. The van der Waals surface area contributed by atoms with E-state index in [0.29, 0.717) is 24.9 Å². The summed E-state index contributed by atoms with van der Waals surface area (Å²) < 4.78 is 0. The number of rotatable bonds is 3. The molecule has 3 aliphatic rings. The van der Waals surface area contributed by atoms with E-state index in [-0.39, 0.29) is 18.0 Å². The smallest absolute Gasteiger partial charge is 0.317 e. The Bertz CT molecular complexity index is 404. The molecule has 0 unspecified atom stereocenters. The molecule has 1 atom stereocenters. The first kappa shape index (κ1) is 14.7. The minimum absolute atomic E-state index is 0.0510. The highest BCUT2D eigenvalue weighted by Gasteiger charge is 2.34. The first-order chi connectivity index (χ1) is 10.1. The fraction of sp³-hybridized carbons (Fsp3) is 0.875. The van der Waals surface area contributed by atoms with Gasteiger partial charge in [0.15, 0.2) is 0 Å². The van der Waals surface area contributed by atoms with Crippen molar-refractivity contribution in [2.75, 3.05) is 26.2 Å². The number of hydrogen-bond acceptors (Lipinski definition) is 2. The molecular formula is C16H27N3O2. The van der Waals surface area contributed by atoms with Crippen molar-refractivity contribution in [3.63, 3.8) is 0 Å². The monoisotopic (exact) mass is 293 g/mol. The molecule has 1 N–H and O–H groups in total. The SMILES string of the molecule is C[C@H](NC(=O)N1CCCN(C(=O)C2CC2)CC1)C1CCC1. The van der Waals surface area contributed by atoms with Crippen LogP contribution in [-0.4, -0.2) is 54.0 Å². The fourth-order valence-corrected chi connectivity index (χ4v) is 3.27. The van der Waals surface area contributed by atoms with E-state index in [4.69, 9.17) is 0 Å². The predicted molar refractivity (Wildman–Crippen MR) is 80.8 cm³/mol. The third kappa shape index (κ3) is 3.50. The number of urea groups is 1. The summed E-state index contributed by atoms with van der Waals surface area (Å²) in [7, 11) is 0. The summed E-state index contributed by atoms with van der Waals surface area (Å²) in [4.78, 5) is 28.3. The second-order valence-corrected chi connectivity index (χ2v) is 6.87. The van der Waals surface area contributed by atoms with Gasteiger partial charge in [0.1, 0.15) is 0 Å². The van der Waals surface area contributed by atoms with Crippen molar-refractivity contribution in [2.45, 2.75) is 51.5 Å². The van der Waals surface area contributed by atoms with Crippen molar-refractivity contribution >= 4 is 11.9 Å². The molecular weight excluding hydrogens is 266 g/mol. The van der Waals surface area contributed by atoms with Gasteiger partial charge in [-0.3, -0.25) is 4.79 Å². The average Bonchev–Trinajstić information content (AvgIpc) is 3.22. The summed E-state index contributed by atoms with van der Waals surface area (Å²) in [6.45, 7) is 5.04. The van der Waals surface area contributed by atoms with Crippen LogP contribution in [0.3, 0.4) is 0 Å². The van der Waals surface area contributed by atoms with Crippen LogP contribution in [0.25, 0.3) is 0 Å². The highest BCUT2D eigenvalue weighted by Crippen LogP contribution is 2.31. The Kier molecular flexibility index (Phi) is 4.36. The van der Waals surface area contributed by atoms with E-state index in [9.17, 15) is 9.59 Å². The molecule has 0 aromatic rings. The van der Waals surface area contributed by atoms with E-state index in [1.54, 1.807) is 0 Å². The maximum absolute atomic E-state index is 12.3. The van der Waals surface area contributed by atoms with E-state index in [1.807, 2.05) is 9.80 Å². The summed E-state index contributed by atoms with van der Waals surface area (Å²) in [5, 5.41) is 3.14. The fourth-order valence-electron chi connectivity index (χ4n) is 3.27. The van der Waals surface area contributed by atoms with E-state index < -0.39 is 0 Å². The topological polar surface area (TPSA) is 52.7 Å². The lowest BCUT2D eigenvalue weighted by atomic mass is 9.80. The molecule has 0 aromatic heterocycles. The predicted octanol–water partition coefficient (Wildman–Crippen LogP) is 1.83. The van der Waals surface area contributed by atoms with Gasteiger partial charge in [0.05, 0.1) is 0 Å². The number of amides is 3. The molecule has 0 spiro atoms. The van der Waals surface area contributed by atoms with Gasteiger partial charge in [-0.15, -0.1) is 0 Å². The molecule has 2 aliphatic carbocycles. The molecule has 0 bridgehead atoms. The highest BCUT2D eigenvalue weighted by atomic mass is 16.2. The highest BCUT2D eigenvalue weighted by molar-refractivity contribution is 5.81. The third-order valence-electron chi connectivity index (χ3n) is 5.23. The van der Waals surface area contributed by atoms with Crippen molar-refractivity contribution in [3.8, 4) is 0 Å². The van der Waals surface area contributed by atoms with Crippen LogP contribution in [0.5, 0.6) is 0 Å².